The van der Waals surface area contributed by atoms with E-state index in [0.717, 1.165) is 5.56 Å². The molecule has 8 heavy (non-hydrogen) atoms. The Labute approximate surface area is 52.1 Å². The SMILES string of the molecule is [2H]N([2H])c1cccc(C)c1. The van der Waals surface area contributed by atoms with E-state index in [-0.39, 0.29) is 0 Å². The second-order valence-electron chi connectivity index (χ2n) is 1.84. The molecule has 1 aromatic carbocycles. The molecule has 0 amide bonds. The van der Waals surface area contributed by atoms with E-state index >= 15 is 0 Å². The Hall–Kier alpha value is -0.980. The van der Waals surface area contributed by atoms with Gasteiger partial charge in [0.2, 0.25) is 0 Å². The minimum atomic E-state index is 0.597. The van der Waals surface area contributed by atoms with E-state index in [2.05, 4.69) is 0 Å². The smallest absolute Gasteiger partial charge is 0.156 e. The molecule has 0 aromatic heterocycles. The van der Waals surface area contributed by atoms with Crippen molar-refractivity contribution in [1.29, 1.82) is 0 Å². The van der Waals surface area contributed by atoms with E-state index < -0.39 is 0 Å². The third-order valence-corrected chi connectivity index (χ3v) is 1.00. The molecule has 0 saturated heterocycles. The maximum absolute atomic E-state index is 6.92. The number of benzene rings is 1. The van der Waals surface area contributed by atoms with Gasteiger partial charge in [0.25, 0.3) is 0 Å². The highest BCUT2D eigenvalue weighted by atomic mass is 14.5. The van der Waals surface area contributed by atoms with Crippen molar-refractivity contribution in [3.8, 4) is 0 Å². The molecule has 0 atom stereocenters. The maximum atomic E-state index is 6.92. The molecule has 0 radical (unpaired) electrons. The van der Waals surface area contributed by atoms with E-state index in [0.29, 0.717) is 11.4 Å². The van der Waals surface area contributed by atoms with E-state index in [9.17, 15) is 0 Å². The Morgan fingerprint density at radius 1 is 1.62 bits per heavy atom. The van der Waals surface area contributed by atoms with Gasteiger partial charge in [-0.25, -0.2) is 0 Å². The number of aryl methyl sites for hydroxylation is 1. The van der Waals surface area contributed by atoms with Gasteiger partial charge < -0.3 is 5.72 Å². The van der Waals surface area contributed by atoms with Crippen molar-refractivity contribution in [2.24, 2.45) is 0 Å². The lowest BCUT2D eigenvalue weighted by Crippen LogP contribution is -1.82. The highest BCUT2D eigenvalue weighted by molar-refractivity contribution is 5.39. The molecule has 0 fully saturated rings. The summed E-state index contributed by atoms with van der Waals surface area (Å²) in [4.78, 5) is 0. The van der Waals surface area contributed by atoms with Crippen LogP contribution in [0.5, 0.6) is 0 Å². The molecule has 0 saturated carbocycles. The number of hydrogen-bond donors (Lipinski definition) is 1. The van der Waals surface area contributed by atoms with Crippen LogP contribution in [-0.4, -0.2) is 0 Å². The van der Waals surface area contributed by atoms with Crippen molar-refractivity contribution in [1.82, 2.24) is 0 Å². The molecule has 0 aliphatic rings. The summed E-state index contributed by atoms with van der Waals surface area (Å²) in [5.74, 6) is 0. The topological polar surface area (TPSA) is 26.0 Å². The normalized spacial score (nSPS) is 12.1. The van der Waals surface area contributed by atoms with Crippen molar-refractivity contribution < 1.29 is 2.82 Å². The van der Waals surface area contributed by atoms with Gasteiger partial charge in [-0.2, -0.15) is 0 Å². The van der Waals surface area contributed by atoms with E-state index in [4.69, 9.17) is 2.82 Å². The van der Waals surface area contributed by atoms with Gasteiger partial charge in [-0.3, -0.25) is 0 Å². The van der Waals surface area contributed by atoms with Crippen molar-refractivity contribution >= 4 is 5.69 Å². The fourth-order valence-electron chi connectivity index (χ4n) is 0.628. The van der Waals surface area contributed by atoms with Gasteiger partial charge in [0.05, 0.1) is 0 Å². The highest BCUT2D eigenvalue weighted by Crippen LogP contribution is 2.03. The summed E-state index contributed by atoms with van der Waals surface area (Å²) < 4.78 is 13.8. The molecule has 1 heteroatoms. The predicted octanol–water partition coefficient (Wildman–Crippen LogP) is 1.58. The van der Waals surface area contributed by atoms with Gasteiger partial charge in [0.1, 0.15) is 0 Å². The van der Waals surface area contributed by atoms with Crippen molar-refractivity contribution in [3.05, 3.63) is 29.8 Å². The molecule has 0 unspecified atom stereocenters. The van der Waals surface area contributed by atoms with Crippen LogP contribution in [0.4, 0.5) is 5.69 Å². The third-order valence-electron chi connectivity index (χ3n) is 1.00. The summed E-state index contributed by atoms with van der Waals surface area (Å²) >= 11 is 0. The molecule has 0 spiro atoms. The van der Waals surface area contributed by atoms with Crippen molar-refractivity contribution in [2.45, 2.75) is 6.92 Å². The summed E-state index contributed by atoms with van der Waals surface area (Å²) in [6.07, 6.45) is 0. The summed E-state index contributed by atoms with van der Waals surface area (Å²) in [5.41, 5.74) is 2.27. The Morgan fingerprint density at radius 2 is 2.50 bits per heavy atom. The zero-order valence-electron chi connectivity index (χ0n) is 6.76. The first-order valence-corrected chi connectivity index (χ1v) is 2.54. The first kappa shape index (κ1) is 3.13. The molecule has 0 aliphatic carbocycles. The monoisotopic (exact) mass is 109 g/mol. The van der Waals surface area contributed by atoms with Crippen LogP contribution in [-0.2, 0) is 0 Å². The second-order valence-corrected chi connectivity index (χ2v) is 1.84. The number of nitrogens with two attached hydrogens (primary N) is 1. The molecule has 42 valence electrons. The third kappa shape index (κ3) is 0.997. The average molecular weight is 109 g/mol. The molecular weight excluding hydrogens is 98.1 g/mol. The molecule has 2 N–H and O–H groups in total. The lowest BCUT2D eigenvalue weighted by molar-refractivity contribution is 1.47. The van der Waals surface area contributed by atoms with Crippen molar-refractivity contribution in [2.75, 3.05) is 5.72 Å². The average Bonchev–Trinajstić information content (AvgIpc) is 1.88. The fraction of sp³-hybridized carbons (Fsp3) is 0.143. The Balaban J connectivity index is 2.96. The van der Waals surface area contributed by atoms with Crippen LogP contribution < -0.4 is 5.72 Å². The first-order valence-electron chi connectivity index (χ1n) is 3.44. The van der Waals surface area contributed by atoms with E-state index in [1.54, 1.807) is 12.1 Å². The molecule has 0 heterocycles. The van der Waals surface area contributed by atoms with Crippen LogP contribution in [0.25, 0.3) is 0 Å². The van der Waals surface area contributed by atoms with Gasteiger partial charge in [0.15, 0.2) is 2.82 Å². The lowest BCUT2D eigenvalue weighted by atomic mass is 10.2. The molecule has 0 aliphatic heterocycles. The molecule has 0 bridgehead atoms. The fourth-order valence-corrected chi connectivity index (χ4v) is 0.628. The lowest BCUT2D eigenvalue weighted by Gasteiger charge is -1.91. The number of nitrogen functional groups attached to an aromatic ring is 1. The largest absolute Gasteiger partial charge is 0.399 e. The second kappa shape index (κ2) is 1.86. The molecule has 1 rings (SSSR count). The van der Waals surface area contributed by atoms with Gasteiger partial charge in [-0.05, 0) is 24.6 Å². The van der Waals surface area contributed by atoms with Gasteiger partial charge in [0, 0.05) is 5.69 Å². The Morgan fingerprint density at radius 3 is 3.00 bits per heavy atom. The summed E-state index contributed by atoms with van der Waals surface area (Å²) in [6, 6.07) is 7.29. The maximum Gasteiger partial charge on any atom is 0.156 e. The van der Waals surface area contributed by atoms with Crippen LogP contribution in [0.15, 0.2) is 24.3 Å². The number of rotatable bonds is 1. The predicted molar refractivity (Wildman–Crippen MR) is 35.6 cm³/mol. The summed E-state index contributed by atoms with van der Waals surface area (Å²) in [5, 5.41) is 0. The Bertz CT molecular complexity index is 223. The van der Waals surface area contributed by atoms with E-state index in [1.807, 2.05) is 19.1 Å². The van der Waals surface area contributed by atoms with Crippen LogP contribution in [0, 0.1) is 6.92 Å². The standard InChI is InChI=1S/C7H9N/c1-6-3-2-4-7(8)5-6/h2-5H,8H2,1H3/i/hD2. The van der Waals surface area contributed by atoms with Crippen LogP contribution in [0.1, 0.15) is 5.56 Å². The first-order chi connectivity index (χ1) is 4.70. The molecular formula is C7H9N. The van der Waals surface area contributed by atoms with Crippen molar-refractivity contribution in [3.63, 3.8) is 0 Å². The summed E-state index contributed by atoms with van der Waals surface area (Å²) in [6.45, 7) is 1.94. The highest BCUT2D eigenvalue weighted by Gasteiger charge is 1.81. The van der Waals surface area contributed by atoms with Gasteiger partial charge >= 0.3 is 0 Å². The van der Waals surface area contributed by atoms with Crippen LogP contribution in [0.2, 0.25) is 2.82 Å². The zero-order valence-corrected chi connectivity index (χ0v) is 4.76. The van der Waals surface area contributed by atoms with Gasteiger partial charge in [-0.1, -0.05) is 12.1 Å². The number of anilines is 1. The number of hydrogen-bond acceptors (Lipinski definition) is 1. The Kier molecular flexibility index (Phi) is 0.729. The molecule has 1 aromatic rings. The minimum absolute atomic E-state index is 0.597. The zero-order chi connectivity index (χ0) is 7.56. The molecule has 1 nitrogen and oxygen atoms in total. The van der Waals surface area contributed by atoms with E-state index in [1.165, 1.54) is 0 Å². The van der Waals surface area contributed by atoms with Crippen LogP contribution in [0.3, 0.4) is 0 Å². The minimum Gasteiger partial charge on any atom is -0.399 e. The quantitative estimate of drug-likeness (QED) is 0.544. The summed E-state index contributed by atoms with van der Waals surface area (Å²) in [7, 11) is 0. The van der Waals surface area contributed by atoms with Gasteiger partial charge in [-0.15, -0.1) is 0 Å². The van der Waals surface area contributed by atoms with Crippen LogP contribution >= 0.6 is 0 Å².